The molecular weight excluding hydrogens is 398 g/mol. The highest BCUT2D eigenvalue weighted by Crippen LogP contribution is 2.34. The Morgan fingerprint density at radius 1 is 1.10 bits per heavy atom. The van der Waals surface area contributed by atoms with Gasteiger partial charge in [0.1, 0.15) is 5.75 Å². The van der Waals surface area contributed by atoms with Crippen molar-refractivity contribution in [3.05, 3.63) is 92.6 Å². The molecule has 1 aromatic carbocycles. The van der Waals surface area contributed by atoms with E-state index >= 15 is 0 Å². The molecule has 1 aliphatic heterocycles. The number of aromatic hydroxyl groups is 1. The van der Waals surface area contributed by atoms with E-state index < -0.39 is 0 Å². The molecule has 156 valence electrons. The maximum Gasteiger partial charge on any atom is 0.260 e. The quantitative estimate of drug-likeness (QED) is 0.654. The number of aromatic nitrogens is 2. The molecule has 3 heterocycles. The van der Waals surface area contributed by atoms with Gasteiger partial charge in [-0.3, -0.25) is 14.7 Å². The number of likely N-dealkylation sites (tertiary alicyclic amines) is 1. The molecule has 3 aromatic rings. The summed E-state index contributed by atoms with van der Waals surface area (Å²) in [4.78, 5) is 20.3. The first-order valence-corrected chi connectivity index (χ1v) is 10.7. The van der Waals surface area contributed by atoms with Crippen molar-refractivity contribution >= 4 is 11.6 Å². The van der Waals surface area contributed by atoms with Gasteiger partial charge in [-0.15, -0.1) is 0 Å². The highest BCUT2D eigenvalue weighted by molar-refractivity contribution is 6.30. The van der Waals surface area contributed by atoms with Crippen molar-refractivity contribution in [2.45, 2.75) is 38.8 Å². The summed E-state index contributed by atoms with van der Waals surface area (Å²) in [6, 6.07) is 14.6. The van der Waals surface area contributed by atoms with Gasteiger partial charge in [-0.2, -0.15) is 0 Å². The molecule has 30 heavy (non-hydrogen) atoms. The lowest BCUT2D eigenvalue weighted by atomic mass is 9.94. The number of aryl methyl sites for hydroxylation is 1. The van der Waals surface area contributed by atoms with Crippen LogP contribution in [0.4, 0.5) is 0 Å². The number of benzene rings is 1. The second-order valence-electron chi connectivity index (χ2n) is 7.85. The van der Waals surface area contributed by atoms with Gasteiger partial charge in [-0.25, -0.2) is 0 Å². The first-order chi connectivity index (χ1) is 14.5. The Kier molecular flexibility index (Phi) is 6.21. The summed E-state index contributed by atoms with van der Waals surface area (Å²) in [6.07, 6.45) is 5.08. The lowest BCUT2D eigenvalue weighted by molar-refractivity contribution is 0.183. The minimum atomic E-state index is -0.314. The molecule has 0 unspecified atom stereocenters. The summed E-state index contributed by atoms with van der Waals surface area (Å²) in [5.74, 6) is 0.0419. The number of hydrogen-bond donors (Lipinski definition) is 1. The van der Waals surface area contributed by atoms with Crippen LogP contribution in [0.15, 0.2) is 59.5 Å². The number of hydrogen-bond acceptors (Lipinski definition) is 4. The Morgan fingerprint density at radius 2 is 1.83 bits per heavy atom. The standard InChI is InChI=1S/C24H26ClN3O2/c1-17-15-21(29)22(24(30)28(17)16-20-7-3-4-12-26-20)23(27-13-5-2-6-14-27)18-8-10-19(25)11-9-18/h3-4,7-12,15,23,29H,2,5-6,13-14,16H2,1H3/t23-/m0/s1. The molecule has 5 nitrogen and oxygen atoms in total. The van der Waals surface area contributed by atoms with Crippen LogP contribution in [0.1, 0.15) is 47.8 Å². The van der Waals surface area contributed by atoms with Crippen LogP contribution in [0.3, 0.4) is 0 Å². The fraction of sp³-hybridized carbons (Fsp3) is 0.333. The van der Waals surface area contributed by atoms with E-state index in [4.69, 9.17) is 11.6 Å². The van der Waals surface area contributed by atoms with Crippen LogP contribution >= 0.6 is 11.6 Å². The van der Waals surface area contributed by atoms with Crippen molar-refractivity contribution in [1.29, 1.82) is 0 Å². The molecule has 2 aromatic heterocycles. The van der Waals surface area contributed by atoms with Gasteiger partial charge in [0, 0.05) is 16.9 Å². The average molecular weight is 424 g/mol. The lowest BCUT2D eigenvalue weighted by Crippen LogP contribution is -2.38. The van der Waals surface area contributed by atoms with Crippen LogP contribution in [0.5, 0.6) is 5.75 Å². The van der Waals surface area contributed by atoms with Crippen LogP contribution in [-0.4, -0.2) is 32.6 Å². The van der Waals surface area contributed by atoms with Crippen molar-refractivity contribution in [1.82, 2.24) is 14.5 Å². The van der Waals surface area contributed by atoms with E-state index in [0.717, 1.165) is 37.2 Å². The Hall–Kier alpha value is -2.63. The smallest absolute Gasteiger partial charge is 0.260 e. The van der Waals surface area contributed by atoms with E-state index in [1.807, 2.05) is 49.4 Å². The topological polar surface area (TPSA) is 58.4 Å². The zero-order valence-corrected chi connectivity index (χ0v) is 17.8. The average Bonchev–Trinajstić information content (AvgIpc) is 2.76. The fourth-order valence-corrected chi connectivity index (χ4v) is 4.38. The molecule has 0 spiro atoms. The first-order valence-electron chi connectivity index (χ1n) is 10.4. The maximum absolute atomic E-state index is 13.7. The predicted octanol–water partition coefficient (Wildman–Crippen LogP) is 4.53. The Labute approximate surface area is 181 Å². The van der Waals surface area contributed by atoms with E-state index in [1.165, 1.54) is 6.42 Å². The van der Waals surface area contributed by atoms with Crippen LogP contribution in [0.2, 0.25) is 5.02 Å². The number of rotatable bonds is 5. The van der Waals surface area contributed by atoms with E-state index in [9.17, 15) is 9.90 Å². The summed E-state index contributed by atoms with van der Waals surface area (Å²) in [6.45, 7) is 3.98. The van der Waals surface area contributed by atoms with Gasteiger partial charge >= 0.3 is 0 Å². The molecule has 0 radical (unpaired) electrons. The van der Waals surface area contributed by atoms with E-state index in [2.05, 4.69) is 9.88 Å². The molecule has 6 heteroatoms. The summed E-state index contributed by atoms with van der Waals surface area (Å²) >= 11 is 6.11. The third-order valence-electron chi connectivity index (χ3n) is 5.78. The van der Waals surface area contributed by atoms with Gasteiger partial charge in [0.15, 0.2) is 0 Å². The molecule has 1 fully saturated rings. The second-order valence-corrected chi connectivity index (χ2v) is 8.28. The molecule has 0 aliphatic carbocycles. The number of pyridine rings is 2. The van der Waals surface area contributed by atoms with Gasteiger partial charge in [0.05, 0.1) is 23.8 Å². The number of halogens is 1. The van der Waals surface area contributed by atoms with Gasteiger partial charge in [-0.05, 0) is 68.8 Å². The zero-order chi connectivity index (χ0) is 21.1. The van der Waals surface area contributed by atoms with Crippen molar-refractivity contribution in [2.75, 3.05) is 13.1 Å². The Balaban J connectivity index is 1.84. The van der Waals surface area contributed by atoms with E-state index in [-0.39, 0.29) is 17.4 Å². The van der Waals surface area contributed by atoms with Crippen LogP contribution in [0, 0.1) is 6.92 Å². The maximum atomic E-state index is 13.7. The van der Waals surface area contributed by atoms with Gasteiger partial charge in [0.2, 0.25) is 0 Å². The monoisotopic (exact) mass is 423 g/mol. The largest absolute Gasteiger partial charge is 0.507 e. The van der Waals surface area contributed by atoms with E-state index in [1.54, 1.807) is 16.8 Å². The highest BCUT2D eigenvalue weighted by Gasteiger charge is 2.30. The third kappa shape index (κ3) is 4.27. The summed E-state index contributed by atoms with van der Waals surface area (Å²) in [5.41, 5.74) is 2.71. The van der Waals surface area contributed by atoms with Crippen molar-refractivity contribution in [2.24, 2.45) is 0 Å². The molecule has 4 rings (SSSR count). The minimum Gasteiger partial charge on any atom is -0.507 e. The molecule has 0 saturated carbocycles. The highest BCUT2D eigenvalue weighted by atomic mass is 35.5. The van der Waals surface area contributed by atoms with E-state index in [0.29, 0.717) is 22.8 Å². The normalized spacial score (nSPS) is 15.8. The molecule has 0 amide bonds. The van der Waals surface area contributed by atoms with Crippen molar-refractivity contribution in [3.63, 3.8) is 0 Å². The SMILES string of the molecule is Cc1cc(O)c([C@H](c2ccc(Cl)cc2)N2CCCCC2)c(=O)n1Cc1ccccn1. The fourth-order valence-electron chi connectivity index (χ4n) is 4.26. The van der Waals surface area contributed by atoms with Crippen molar-refractivity contribution < 1.29 is 5.11 Å². The summed E-state index contributed by atoms with van der Waals surface area (Å²) in [5, 5.41) is 11.5. The second kappa shape index (κ2) is 9.02. The number of nitrogens with zero attached hydrogens (tertiary/aromatic N) is 3. The predicted molar refractivity (Wildman–Crippen MR) is 119 cm³/mol. The Morgan fingerprint density at radius 3 is 2.50 bits per heavy atom. The molecule has 1 atom stereocenters. The minimum absolute atomic E-state index is 0.0419. The van der Waals surface area contributed by atoms with Crippen LogP contribution in [0.25, 0.3) is 0 Å². The zero-order valence-electron chi connectivity index (χ0n) is 17.1. The van der Waals surface area contributed by atoms with Crippen LogP contribution in [-0.2, 0) is 6.54 Å². The Bertz CT molecular complexity index is 1060. The molecule has 1 aliphatic rings. The molecular formula is C24H26ClN3O2. The molecule has 1 N–H and O–H groups in total. The lowest BCUT2D eigenvalue weighted by Gasteiger charge is -2.35. The van der Waals surface area contributed by atoms with Crippen LogP contribution < -0.4 is 5.56 Å². The van der Waals surface area contributed by atoms with Crippen molar-refractivity contribution in [3.8, 4) is 5.75 Å². The van der Waals surface area contributed by atoms with Gasteiger partial charge in [-0.1, -0.05) is 36.2 Å². The third-order valence-corrected chi connectivity index (χ3v) is 6.04. The molecule has 0 bridgehead atoms. The first kappa shape index (κ1) is 20.6. The van der Waals surface area contributed by atoms with Gasteiger partial charge in [0.25, 0.3) is 5.56 Å². The summed E-state index contributed by atoms with van der Waals surface area (Å²) in [7, 11) is 0. The number of piperidine rings is 1. The molecule has 1 saturated heterocycles. The van der Waals surface area contributed by atoms with Gasteiger partial charge < -0.3 is 9.67 Å². The summed E-state index contributed by atoms with van der Waals surface area (Å²) < 4.78 is 1.70.